The molecule has 0 saturated carbocycles. The number of alkyl halides is 1. The van der Waals surface area contributed by atoms with Gasteiger partial charge in [-0.25, -0.2) is 0 Å². The minimum absolute atomic E-state index is 0.571. The van der Waals surface area contributed by atoms with Crippen molar-refractivity contribution < 1.29 is 0 Å². The van der Waals surface area contributed by atoms with Crippen molar-refractivity contribution in [3.63, 3.8) is 0 Å². The second-order valence-corrected chi connectivity index (χ2v) is 6.02. The summed E-state index contributed by atoms with van der Waals surface area (Å²) >= 11 is 2.53. The van der Waals surface area contributed by atoms with Crippen LogP contribution in [0.5, 0.6) is 0 Å². The minimum atomic E-state index is 0.571. The number of nitrogens with zero attached hydrogens (tertiary/aromatic N) is 1. The Hall–Kier alpha value is 0.690. The third-order valence-electron chi connectivity index (χ3n) is 1.80. The van der Waals surface area contributed by atoms with Crippen LogP contribution in [0.4, 0.5) is 0 Å². The van der Waals surface area contributed by atoms with Crippen molar-refractivity contribution in [2.45, 2.75) is 30.2 Å². The van der Waals surface area contributed by atoms with Crippen LogP contribution < -0.4 is 0 Å². The van der Waals surface area contributed by atoms with Crippen molar-refractivity contribution in [3.05, 3.63) is 0 Å². The Morgan fingerprint density at radius 2 is 1.89 bits per heavy atom. The van der Waals surface area contributed by atoms with E-state index in [2.05, 4.69) is 48.3 Å². The highest BCUT2D eigenvalue weighted by Gasteiger charge is 2.36. The number of halogens is 1. The zero-order valence-corrected chi connectivity index (χ0v) is 8.47. The molecule has 1 saturated heterocycles. The standard InChI is InChI=1S/C7H14IN/c1-6(2)9-4-7(3,8)5-9/h6H,4-5H2,1-3H3. The van der Waals surface area contributed by atoms with E-state index in [1.165, 1.54) is 13.1 Å². The maximum absolute atomic E-state index is 2.53. The van der Waals surface area contributed by atoms with E-state index in [1.807, 2.05) is 0 Å². The van der Waals surface area contributed by atoms with E-state index in [4.69, 9.17) is 0 Å². The van der Waals surface area contributed by atoms with E-state index in [0.717, 1.165) is 6.04 Å². The van der Waals surface area contributed by atoms with Gasteiger partial charge in [-0.3, -0.25) is 4.90 Å². The van der Waals surface area contributed by atoms with Crippen LogP contribution in [0.3, 0.4) is 0 Å². The maximum atomic E-state index is 2.53. The molecule has 54 valence electrons. The fourth-order valence-electron chi connectivity index (χ4n) is 1.17. The van der Waals surface area contributed by atoms with E-state index in [9.17, 15) is 0 Å². The van der Waals surface area contributed by atoms with Crippen LogP contribution in [0, 0.1) is 0 Å². The fourth-order valence-corrected chi connectivity index (χ4v) is 2.04. The summed E-state index contributed by atoms with van der Waals surface area (Å²) in [5.74, 6) is 0. The molecular weight excluding hydrogens is 225 g/mol. The lowest BCUT2D eigenvalue weighted by molar-refractivity contribution is 0.109. The van der Waals surface area contributed by atoms with Gasteiger partial charge in [0.15, 0.2) is 0 Å². The summed E-state index contributed by atoms with van der Waals surface area (Å²) in [4.78, 5) is 2.49. The molecule has 1 heterocycles. The molecule has 1 nitrogen and oxygen atoms in total. The van der Waals surface area contributed by atoms with E-state index >= 15 is 0 Å². The van der Waals surface area contributed by atoms with Gasteiger partial charge in [-0.15, -0.1) is 0 Å². The highest BCUT2D eigenvalue weighted by Crippen LogP contribution is 2.31. The molecule has 9 heavy (non-hydrogen) atoms. The van der Waals surface area contributed by atoms with Crippen LogP contribution >= 0.6 is 22.6 Å². The molecule has 0 bridgehead atoms. The van der Waals surface area contributed by atoms with Crippen molar-refractivity contribution >= 4 is 22.6 Å². The summed E-state index contributed by atoms with van der Waals surface area (Å²) in [6.45, 7) is 9.36. The van der Waals surface area contributed by atoms with Gasteiger partial charge < -0.3 is 0 Å². The highest BCUT2D eigenvalue weighted by molar-refractivity contribution is 14.1. The second kappa shape index (κ2) is 2.38. The zero-order valence-electron chi connectivity index (χ0n) is 6.32. The number of likely N-dealkylation sites (tertiary alicyclic amines) is 1. The third kappa shape index (κ3) is 1.80. The smallest absolute Gasteiger partial charge is 0.0447 e. The summed E-state index contributed by atoms with van der Waals surface area (Å²) in [5.41, 5.74) is 0. The van der Waals surface area contributed by atoms with Gasteiger partial charge in [0.05, 0.1) is 0 Å². The van der Waals surface area contributed by atoms with E-state index in [1.54, 1.807) is 0 Å². The van der Waals surface area contributed by atoms with Gasteiger partial charge >= 0.3 is 0 Å². The van der Waals surface area contributed by atoms with E-state index < -0.39 is 0 Å². The summed E-state index contributed by atoms with van der Waals surface area (Å²) in [6, 6.07) is 0.743. The van der Waals surface area contributed by atoms with Crippen molar-refractivity contribution in [3.8, 4) is 0 Å². The Morgan fingerprint density at radius 3 is 2.00 bits per heavy atom. The summed E-state index contributed by atoms with van der Waals surface area (Å²) in [5, 5.41) is 0. The van der Waals surface area contributed by atoms with Gasteiger partial charge in [-0.2, -0.15) is 0 Å². The molecular formula is C7H14IN. The molecule has 1 fully saturated rings. The molecule has 1 aliphatic rings. The van der Waals surface area contributed by atoms with E-state index in [-0.39, 0.29) is 0 Å². The molecule has 0 aromatic rings. The average molecular weight is 239 g/mol. The Labute approximate surface area is 70.9 Å². The van der Waals surface area contributed by atoms with Crippen molar-refractivity contribution in [2.75, 3.05) is 13.1 Å². The lowest BCUT2D eigenvalue weighted by Gasteiger charge is -2.46. The molecule has 1 aliphatic heterocycles. The molecule has 0 atom stereocenters. The van der Waals surface area contributed by atoms with Crippen LogP contribution in [0.15, 0.2) is 0 Å². The molecule has 0 unspecified atom stereocenters. The predicted octanol–water partition coefficient (Wildman–Crippen LogP) is 1.90. The van der Waals surface area contributed by atoms with Crippen molar-refractivity contribution in [2.24, 2.45) is 0 Å². The fraction of sp³-hybridized carbons (Fsp3) is 1.00. The maximum Gasteiger partial charge on any atom is 0.0447 e. The molecule has 2 heteroatoms. The normalized spacial score (nSPS) is 26.3. The molecule has 0 aliphatic carbocycles. The monoisotopic (exact) mass is 239 g/mol. The first-order valence-electron chi connectivity index (χ1n) is 3.44. The minimum Gasteiger partial charge on any atom is -0.298 e. The van der Waals surface area contributed by atoms with Gasteiger partial charge in [-0.05, 0) is 20.8 Å². The number of rotatable bonds is 1. The molecule has 0 radical (unpaired) electrons. The molecule has 0 spiro atoms. The zero-order chi connectivity index (χ0) is 7.07. The van der Waals surface area contributed by atoms with Gasteiger partial charge in [0.1, 0.15) is 0 Å². The molecule has 1 rings (SSSR count). The summed E-state index contributed by atoms with van der Waals surface area (Å²) in [6.07, 6.45) is 0. The summed E-state index contributed by atoms with van der Waals surface area (Å²) in [7, 11) is 0. The highest BCUT2D eigenvalue weighted by atomic mass is 127. The number of hydrogen-bond acceptors (Lipinski definition) is 1. The van der Waals surface area contributed by atoms with Gasteiger partial charge in [0, 0.05) is 22.6 Å². The summed E-state index contributed by atoms with van der Waals surface area (Å²) < 4.78 is 0.571. The van der Waals surface area contributed by atoms with Crippen LogP contribution in [-0.2, 0) is 0 Å². The quantitative estimate of drug-likeness (QED) is 0.499. The Balaban J connectivity index is 2.27. The largest absolute Gasteiger partial charge is 0.298 e. The molecule has 0 amide bonds. The molecule has 0 aromatic heterocycles. The van der Waals surface area contributed by atoms with Crippen LogP contribution in [0.2, 0.25) is 0 Å². The first kappa shape index (κ1) is 7.79. The van der Waals surface area contributed by atoms with Crippen LogP contribution in [0.1, 0.15) is 20.8 Å². The van der Waals surface area contributed by atoms with Crippen LogP contribution in [0.25, 0.3) is 0 Å². The van der Waals surface area contributed by atoms with Gasteiger partial charge in [0.25, 0.3) is 0 Å². The van der Waals surface area contributed by atoms with Crippen molar-refractivity contribution in [1.82, 2.24) is 4.90 Å². The van der Waals surface area contributed by atoms with Crippen molar-refractivity contribution in [1.29, 1.82) is 0 Å². The first-order valence-corrected chi connectivity index (χ1v) is 4.52. The van der Waals surface area contributed by atoms with Gasteiger partial charge in [0.2, 0.25) is 0 Å². The van der Waals surface area contributed by atoms with Gasteiger partial charge in [-0.1, -0.05) is 22.6 Å². The lowest BCUT2D eigenvalue weighted by atomic mass is 10.0. The first-order chi connectivity index (χ1) is 4.01. The predicted molar refractivity (Wildman–Crippen MR) is 49.1 cm³/mol. The molecule has 0 aromatic carbocycles. The van der Waals surface area contributed by atoms with Crippen LogP contribution in [-0.4, -0.2) is 27.5 Å². The topological polar surface area (TPSA) is 3.24 Å². The SMILES string of the molecule is CC(C)N1CC(C)(I)C1. The lowest BCUT2D eigenvalue weighted by Crippen LogP contribution is -2.58. The third-order valence-corrected chi connectivity index (χ3v) is 2.48. The van der Waals surface area contributed by atoms with E-state index in [0.29, 0.717) is 3.42 Å². The molecule has 0 N–H and O–H groups in total. The number of hydrogen-bond donors (Lipinski definition) is 0. The Morgan fingerprint density at radius 1 is 1.44 bits per heavy atom. The average Bonchev–Trinajstić information content (AvgIpc) is 1.59. The Kier molecular flexibility index (Phi) is 2.06. The Bertz CT molecular complexity index is 101. The second-order valence-electron chi connectivity index (χ2n) is 3.41.